The normalized spacial score (nSPS) is 19.4. The number of benzene rings is 1. The highest BCUT2D eigenvalue weighted by molar-refractivity contribution is 5.83. The number of carbonyl (C=O) groups is 1. The molecule has 1 N–H and O–H groups in total. The Bertz CT molecular complexity index is 871. The van der Waals surface area contributed by atoms with Gasteiger partial charge in [-0.15, -0.1) is 0 Å². The van der Waals surface area contributed by atoms with Gasteiger partial charge in [0.25, 0.3) is 0 Å². The Morgan fingerprint density at radius 3 is 2.59 bits per heavy atom. The van der Waals surface area contributed by atoms with Gasteiger partial charge in [-0.05, 0) is 43.0 Å². The minimum Gasteiger partial charge on any atom is -0.497 e. The van der Waals surface area contributed by atoms with E-state index in [1.165, 1.54) is 31.5 Å². The zero-order chi connectivity index (χ0) is 21.2. The van der Waals surface area contributed by atoms with Crippen molar-refractivity contribution in [3.63, 3.8) is 0 Å². The van der Waals surface area contributed by atoms with E-state index in [0.29, 0.717) is 23.4 Å². The van der Waals surface area contributed by atoms with Crippen LogP contribution in [0.2, 0.25) is 0 Å². The van der Waals surface area contributed by atoms with Gasteiger partial charge in [0.2, 0.25) is 5.91 Å². The molecule has 29 heavy (non-hydrogen) atoms. The molecule has 1 aliphatic rings. The lowest BCUT2D eigenvalue weighted by Gasteiger charge is -2.14. The van der Waals surface area contributed by atoms with Crippen molar-refractivity contribution in [1.82, 2.24) is 10.3 Å². The highest BCUT2D eigenvalue weighted by Gasteiger charge is 2.45. The molecule has 1 saturated carbocycles. The van der Waals surface area contributed by atoms with E-state index in [1.54, 1.807) is 19.1 Å². The number of nitrogens with zero attached hydrogens (tertiary/aromatic N) is 1. The summed E-state index contributed by atoms with van der Waals surface area (Å²) in [5.74, 6) is -0.767. The van der Waals surface area contributed by atoms with Gasteiger partial charge in [0.05, 0.1) is 25.0 Å². The Morgan fingerprint density at radius 1 is 1.28 bits per heavy atom. The summed E-state index contributed by atoms with van der Waals surface area (Å²) < 4.78 is 60.2. The Balaban J connectivity index is 1.55. The minimum absolute atomic E-state index is 0.0122. The predicted molar refractivity (Wildman–Crippen MR) is 96.1 cm³/mol. The van der Waals surface area contributed by atoms with Crippen LogP contribution >= 0.6 is 0 Å². The molecule has 5 nitrogen and oxygen atoms in total. The summed E-state index contributed by atoms with van der Waals surface area (Å²) in [5.41, 5.74) is 0.952. The summed E-state index contributed by atoms with van der Waals surface area (Å²) in [4.78, 5) is 16.5. The summed E-state index contributed by atoms with van der Waals surface area (Å²) in [6, 6.07) is 6.96. The number of pyridine rings is 1. The molecule has 1 heterocycles. The number of methoxy groups -OCH3 is 1. The van der Waals surface area contributed by atoms with Gasteiger partial charge in [-0.2, -0.15) is 13.2 Å². The lowest BCUT2D eigenvalue weighted by molar-refractivity contribution is -0.153. The molecule has 1 fully saturated rings. The largest absolute Gasteiger partial charge is 0.497 e. The lowest BCUT2D eigenvalue weighted by Crippen LogP contribution is -2.29. The van der Waals surface area contributed by atoms with Crippen LogP contribution in [-0.4, -0.2) is 30.8 Å². The second-order valence-corrected chi connectivity index (χ2v) is 6.89. The van der Waals surface area contributed by atoms with Crippen molar-refractivity contribution in [2.24, 2.45) is 5.92 Å². The van der Waals surface area contributed by atoms with E-state index < -0.39 is 24.6 Å². The lowest BCUT2D eigenvalue weighted by atomic mass is 10.1. The van der Waals surface area contributed by atoms with Gasteiger partial charge >= 0.3 is 6.18 Å². The Kier molecular flexibility index (Phi) is 5.95. The van der Waals surface area contributed by atoms with E-state index in [4.69, 9.17) is 4.74 Å². The first-order valence-electron chi connectivity index (χ1n) is 8.97. The number of nitrogens with one attached hydrogen (secondary N) is 1. The topological polar surface area (TPSA) is 60.5 Å². The number of halogens is 4. The summed E-state index contributed by atoms with van der Waals surface area (Å²) in [6.07, 6.45) is -2.71. The maximum absolute atomic E-state index is 14.2. The average Bonchev–Trinajstić information content (AvgIpc) is 3.46. The van der Waals surface area contributed by atoms with Crippen LogP contribution in [-0.2, 0) is 4.79 Å². The quantitative estimate of drug-likeness (QED) is 0.694. The van der Waals surface area contributed by atoms with Crippen molar-refractivity contribution in [1.29, 1.82) is 0 Å². The van der Waals surface area contributed by atoms with Crippen molar-refractivity contribution in [3.8, 4) is 11.5 Å². The zero-order valence-electron chi connectivity index (χ0n) is 15.8. The second-order valence-electron chi connectivity index (χ2n) is 6.89. The van der Waals surface area contributed by atoms with Gasteiger partial charge in [0, 0.05) is 12.0 Å². The third-order valence-corrected chi connectivity index (χ3v) is 4.70. The van der Waals surface area contributed by atoms with Crippen molar-refractivity contribution in [3.05, 3.63) is 53.6 Å². The Labute approximate surface area is 165 Å². The molecule has 2 aromatic rings. The van der Waals surface area contributed by atoms with Crippen molar-refractivity contribution >= 4 is 5.91 Å². The molecule has 0 aliphatic heterocycles. The van der Waals surface area contributed by atoms with Crippen LogP contribution in [0.4, 0.5) is 17.6 Å². The van der Waals surface area contributed by atoms with Crippen LogP contribution in [0.5, 0.6) is 11.5 Å². The fourth-order valence-electron chi connectivity index (χ4n) is 3.06. The molecule has 9 heteroatoms. The van der Waals surface area contributed by atoms with Gasteiger partial charge in [-0.1, -0.05) is 6.07 Å². The number of ether oxygens (including phenoxy) is 2. The number of hydrogen-bond acceptors (Lipinski definition) is 4. The van der Waals surface area contributed by atoms with Crippen LogP contribution in [0, 0.1) is 11.7 Å². The number of alkyl halides is 3. The number of aromatic nitrogens is 1. The molecule has 156 valence electrons. The molecule has 3 atom stereocenters. The number of carbonyl (C=O) groups excluding carboxylic acids is 1. The minimum atomic E-state index is -4.43. The highest BCUT2D eigenvalue weighted by atomic mass is 19.4. The molecule has 0 saturated heterocycles. The Hall–Kier alpha value is -2.84. The summed E-state index contributed by atoms with van der Waals surface area (Å²) in [7, 11) is 1.45. The number of rotatable bonds is 7. The fourth-order valence-corrected chi connectivity index (χ4v) is 3.06. The molecule has 1 aromatic heterocycles. The van der Waals surface area contributed by atoms with Crippen molar-refractivity contribution < 1.29 is 31.8 Å². The smallest absolute Gasteiger partial charge is 0.422 e. The van der Waals surface area contributed by atoms with Crippen molar-refractivity contribution in [2.45, 2.75) is 31.5 Å². The molecule has 0 radical (unpaired) electrons. The second kappa shape index (κ2) is 8.26. The van der Waals surface area contributed by atoms with Gasteiger partial charge in [-0.3, -0.25) is 9.78 Å². The molecule has 1 aliphatic carbocycles. The molecular formula is C20H20F4N2O3. The van der Waals surface area contributed by atoms with Gasteiger partial charge in [-0.25, -0.2) is 4.39 Å². The van der Waals surface area contributed by atoms with Crippen LogP contribution < -0.4 is 14.8 Å². The van der Waals surface area contributed by atoms with Crippen molar-refractivity contribution in [2.75, 3.05) is 13.7 Å². The summed E-state index contributed by atoms with van der Waals surface area (Å²) in [6.45, 7) is 0.313. The first-order valence-corrected chi connectivity index (χ1v) is 8.97. The van der Waals surface area contributed by atoms with Gasteiger partial charge in [0.15, 0.2) is 6.61 Å². The van der Waals surface area contributed by atoms with E-state index in [2.05, 4.69) is 15.0 Å². The predicted octanol–water partition coefficient (Wildman–Crippen LogP) is 4.15. The van der Waals surface area contributed by atoms with E-state index in [1.807, 2.05) is 0 Å². The average molecular weight is 412 g/mol. The number of amides is 1. The van der Waals surface area contributed by atoms with E-state index in [9.17, 15) is 22.4 Å². The van der Waals surface area contributed by atoms with Gasteiger partial charge < -0.3 is 14.8 Å². The van der Waals surface area contributed by atoms with Crippen LogP contribution in [0.15, 0.2) is 36.5 Å². The molecule has 0 bridgehead atoms. The van der Waals surface area contributed by atoms with Crippen LogP contribution in [0.3, 0.4) is 0 Å². The standard InChI is InChI=1S/C20H20F4N2O3/c1-11(18-6-4-13(9-25-18)29-10-20(22,23)24)26-19(27)16-8-15(16)14-5-3-12(28-2)7-17(14)21/h3-7,9,11,15-16H,8,10H2,1-2H3,(H,26,27)/t11-,15?,16?/m0/s1. The summed E-state index contributed by atoms with van der Waals surface area (Å²) in [5, 5.41) is 2.81. The monoisotopic (exact) mass is 412 g/mol. The van der Waals surface area contributed by atoms with Crippen LogP contribution in [0.25, 0.3) is 0 Å². The first-order chi connectivity index (χ1) is 13.7. The van der Waals surface area contributed by atoms with E-state index in [0.717, 1.165) is 0 Å². The molecular weight excluding hydrogens is 392 g/mol. The maximum Gasteiger partial charge on any atom is 0.422 e. The zero-order valence-corrected chi connectivity index (χ0v) is 15.8. The fraction of sp³-hybridized carbons (Fsp3) is 0.400. The number of hydrogen-bond donors (Lipinski definition) is 1. The highest BCUT2D eigenvalue weighted by Crippen LogP contribution is 2.49. The van der Waals surface area contributed by atoms with Crippen LogP contribution in [0.1, 0.15) is 36.6 Å². The molecule has 1 amide bonds. The molecule has 1 aromatic carbocycles. The third kappa shape index (κ3) is 5.36. The maximum atomic E-state index is 14.2. The molecule has 2 unspecified atom stereocenters. The molecule has 3 rings (SSSR count). The SMILES string of the molecule is COc1ccc(C2CC2C(=O)N[C@@H](C)c2ccc(OCC(F)(F)F)cn2)c(F)c1. The molecule has 0 spiro atoms. The van der Waals surface area contributed by atoms with E-state index >= 15 is 0 Å². The van der Waals surface area contributed by atoms with Gasteiger partial charge in [0.1, 0.15) is 17.3 Å². The third-order valence-electron chi connectivity index (χ3n) is 4.70. The Morgan fingerprint density at radius 2 is 2.00 bits per heavy atom. The first kappa shape index (κ1) is 20.9. The summed E-state index contributed by atoms with van der Waals surface area (Å²) >= 11 is 0. The van der Waals surface area contributed by atoms with E-state index in [-0.39, 0.29) is 23.5 Å².